The van der Waals surface area contributed by atoms with Gasteiger partial charge >= 0.3 is 10.2 Å². The number of halogens is 4. The molecule has 1 saturated heterocycles. The highest BCUT2D eigenvalue weighted by Crippen LogP contribution is 2.35. The fourth-order valence-corrected chi connectivity index (χ4v) is 6.10. The maximum atomic E-state index is 14.7. The molecule has 0 spiro atoms. The molecule has 6 nitrogen and oxygen atoms in total. The number of benzene rings is 2. The van der Waals surface area contributed by atoms with Crippen LogP contribution in [0.1, 0.15) is 12.8 Å². The van der Waals surface area contributed by atoms with E-state index in [0.29, 0.717) is 42.7 Å². The fourth-order valence-electron chi connectivity index (χ4n) is 3.93. The van der Waals surface area contributed by atoms with Crippen molar-refractivity contribution in [2.75, 3.05) is 36.2 Å². The van der Waals surface area contributed by atoms with E-state index in [2.05, 4.69) is 49.7 Å². The molecule has 0 unspecified atom stereocenters. The molecule has 0 atom stereocenters. The van der Waals surface area contributed by atoms with Gasteiger partial charge in [0.2, 0.25) is 0 Å². The van der Waals surface area contributed by atoms with Gasteiger partial charge in [-0.3, -0.25) is 9.62 Å². The van der Waals surface area contributed by atoms with Gasteiger partial charge in [-0.15, -0.1) is 0 Å². The lowest BCUT2D eigenvalue weighted by atomic mass is 10.1. The summed E-state index contributed by atoms with van der Waals surface area (Å²) in [6.45, 7) is 2.49. The van der Waals surface area contributed by atoms with Crippen LogP contribution < -0.4 is 10.0 Å². The van der Waals surface area contributed by atoms with Crippen LogP contribution in [0.25, 0.3) is 0 Å². The zero-order valence-electron chi connectivity index (χ0n) is 17.0. The lowest BCUT2D eigenvalue weighted by molar-refractivity contribution is 0.174. The Bertz CT molecular complexity index is 1130. The van der Waals surface area contributed by atoms with Crippen molar-refractivity contribution < 1.29 is 17.2 Å². The van der Waals surface area contributed by atoms with E-state index in [1.54, 1.807) is 18.2 Å². The highest BCUT2D eigenvalue weighted by atomic mass is 127. The number of anilines is 3. The molecule has 0 amide bonds. The second kappa shape index (κ2) is 9.80. The van der Waals surface area contributed by atoms with Crippen molar-refractivity contribution in [2.45, 2.75) is 18.9 Å². The van der Waals surface area contributed by atoms with Crippen molar-refractivity contribution in [1.29, 1.82) is 0 Å². The first kappa shape index (κ1) is 23.7. The van der Waals surface area contributed by atoms with Gasteiger partial charge in [-0.1, -0.05) is 23.8 Å². The van der Waals surface area contributed by atoms with Crippen LogP contribution in [0.2, 0.25) is 5.02 Å². The molecular formula is C21H22ClF2IN4O2S. The van der Waals surface area contributed by atoms with Crippen molar-refractivity contribution in [3.05, 3.63) is 62.7 Å². The predicted octanol–water partition coefficient (Wildman–Crippen LogP) is 4.96. The monoisotopic (exact) mass is 594 g/mol. The van der Waals surface area contributed by atoms with E-state index in [0.717, 1.165) is 22.7 Å². The topological polar surface area (TPSA) is 64.7 Å². The van der Waals surface area contributed by atoms with Gasteiger partial charge in [-0.05, 0) is 65.8 Å². The molecule has 2 aromatic rings. The van der Waals surface area contributed by atoms with E-state index < -0.39 is 21.8 Å². The Kier molecular flexibility index (Phi) is 7.25. The molecule has 1 fully saturated rings. The highest BCUT2D eigenvalue weighted by Gasteiger charge is 2.31. The van der Waals surface area contributed by atoms with E-state index in [-0.39, 0.29) is 11.4 Å². The second-order valence-electron chi connectivity index (χ2n) is 7.70. The predicted molar refractivity (Wildman–Crippen MR) is 132 cm³/mol. The summed E-state index contributed by atoms with van der Waals surface area (Å²) in [6, 6.07) is 7.44. The Labute approximate surface area is 204 Å². The van der Waals surface area contributed by atoms with Crippen LogP contribution >= 0.6 is 34.2 Å². The molecule has 0 saturated carbocycles. The molecule has 2 aliphatic heterocycles. The average molecular weight is 595 g/mol. The largest absolute Gasteiger partial charge is 0.350 e. The molecule has 11 heteroatoms. The van der Waals surface area contributed by atoms with Gasteiger partial charge in [0.1, 0.15) is 5.69 Å². The Hall–Kier alpha value is -1.47. The Balaban J connectivity index is 1.52. The van der Waals surface area contributed by atoms with Gasteiger partial charge < -0.3 is 5.32 Å². The van der Waals surface area contributed by atoms with E-state index in [1.165, 1.54) is 10.4 Å². The number of piperidine rings is 1. The maximum Gasteiger partial charge on any atom is 0.301 e. The van der Waals surface area contributed by atoms with Gasteiger partial charge in [0.15, 0.2) is 11.6 Å². The van der Waals surface area contributed by atoms with Gasteiger partial charge in [-0.2, -0.15) is 12.7 Å². The molecule has 0 aromatic heterocycles. The van der Waals surface area contributed by atoms with Crippen LogP contribution in [0, 0.1) is 15.2 Å². The summed E-state index contributed by atoms with van der Waals surface area (Å²) in [5.41, 5.74) is -0.0869. The quantitative estimate of drug-likeness (QED) is 0.367. The molecular weight excluding hydrogens is 573 g/mol. The molecule has 172 valence electrons. The first-order valence-electron chi connectivity index (χ1n) is 10.1. The summed E-state index contributed by atoms with van der Waals surface area (Å²) in [4.78, 5) is 2.32. The first-order valence-corrected chi connectivity index (χ1v) is 13.0. The van der Waals surface area contributed by atoms with E-state index in [1.807, 2.05) is 0 Å². The number of hydrogen-bond donors (Lipinski definition) is 2. The molecule has 0 aliphatic carbocycles. The average Bonchev–Trinajstić information content (AvgIpc) is 3.30. The standard InChI is InChI=1S/C21H22ClF2IN4O2S/c22-16-13-14(25)3-5-18(16)26-21-19(6-4-17(23)20(21)24)27-32(30,31)29-11-7-15(8-12-29)28-9-1-2-10-28/h1-6,13,15,26-27H,7-12H2. The Morgan fingerprint density at radius 3 is 2.34 bits per heavy atom. The third-order valence-electron chi connectivity index (χ3n) is 5.65. The molecule has 2 N–H and O–H groups in total. The van der Waals surface area contributed by atoms with Gasteiger partial charge in [0.25, 0.3) is 0 Å². The molecule has 2 heterocycles. The van der Waals surface area contributed by atoms with Crippen molar-refractivity contribution in [3.8, 4) is 0 Å². The van der Waals surface area contributed by atoms with Crippen molar-refractivity contribution >= 4 is 61.5 Å². The van der Waals surface area contributed by atoms with Crippen LogP contribution in [0.4, 0.5) is 25.8 Å². The third-order valence-corrected chi connectivity index (χ3v) is 8.16. The second-order valence-corrected chi connectivity index (χ2v) is 11.0. The number of nitrogens with one attached hydrogen (secondary N) is 2. The molecule has 32 heavy (non-hydrogen) atoms. The number of nitrogens with zero attached hydrogens (tertiary/aromatic N) is 2. The van der Waals surface area contributed by atoms with Gasteiger partial charge in [0.05, 0.1) is 16.4 Å². The van der Waals surface area contributed by atoms with Gasteiger partial charge in [0, 0.05) is 35.8 Å². The summed E-state index contributed by atoms with van der Waals surface area (Å²) < 4.78 is 59.3. The normalized spacial score (nSPS) is 18.2. The SMILES string of the molecule is O=S(=O)(Nc1ccc(F)c(F)c1Nc1ccc(I)cc1Cl)N1CCC(N2CC=CC2)CC1. The van der Waals surface area contributed by atoms with Crippen LogP contribution in [-0.4, -0.2) is 49.8 Å². The third kappa shape index (κ3) is 5.19. The molecule has 0 radical (unpaired) electrons. The lowest BCUT2D eigenvalue weighted by Gasteiger charge is -2.36. The Morgan fingerprint density at radius 1 is 1.03 bits per heavy atom. The van der Waals surface area contributed by atoms with Crippen molar-refractivity contribution in [3.63, 3.8) is 0 Å². The summed E-state index contributed by atoms with van der Waals surface area (Å²) in [7, 11) is -3.96. The minimum absolute atomic E-state index is 0.0932. The van der Waals surface area contributed by atoms with Gasteiger partial charge in [-0.25, -0.2) is 8.78 Å². The van der Waals surface area contributed by atoms with Crippen molar-refractivity contribution in [2.24, 2.45) is 0 Å². The lowest BCUT2D eigenvalue weighted by Crippen LogP contribution is -2.47. The van der Waals surface area contributed by atoms with E-state index >= 15 is 0 Å². The zero-order valence-corrected chi connectivity index (χ0v) is 20.7. The molecule has 2 aliphatic rings. The number of rotatable bonds is 6. The minimum Gasteiger partial charge on any atom is -0.350 e. The minimum atomic E-state index is -3.96. The van der Waals surface area contributed by atoms with Crippen LogP contribution in [0.5, 0.6) is 0 Å². The van der Waals surface area contributed by atoms with E-state index in [4.69, 9.17) is 11.6 Å². The van der Waals surface area contributed by atoms with Crippen LogP contribution in [-0.2, 0) is 10.2 Å². The molecule has 0 bridgehead atoms. The molecule has 2 aromatic carbocycles. The summed E-state index contributed by atoms with van der Waals surface area (Å²) in [5.74, 6) is -2.29. The molecule has 4 rings (SSSR count). The van der Waals surface area contributed by atoms with E-state index in [9.17, 15) is 17.2 Å². The smallest absolute Gasteiger partial charge is 0.301 e. The maximum absolute atomic E-state index is 14.7. The van der Waals surface area contributed by atoms with Crippen LogP contribution in [0.3, 0.4) is 0 Å². The van der Waals surface area contributed by atoms with Crippen LogP contribution in [0.15, 0.2) is 42.5 Å². The fraction of sp³-hybridized carbons (Fsp3) is 0.333. The summed E-state index contributed by atoms with van der Waals surface area (Å²) in [5, 5.41) is 3.04. The highest BCUT2D eigenvalue weighted by molar-refractivity contribution is 14.1. The summed E-state index contributed by atoms with van der Waals surface area (Å²) in [6.07, 6.45) is 5.65. The first-order chi connectivity index (χ1) is 15.2. The number of hydrogen-bond acceptors (Lipinski definition) is 4. The zero-order chi connectivity index (χ0) is 22.9. The van der Waals surface area contributed by atoms with Crippen molar-refractivity contribution in [1.82, 2.24) is 9.21 Å². The summed E-state index contributed by atoms with van der Waals surface area (Å²) >= 11 is 8.29. The Morgan fingerprint density at radius 2 is 1.69 bits per heavy atom.